The minimum absolute atomic E-state index is 0. The van der Waals surface area contributed by atoms with E-state index in [1.165, 1.54) is 14.0 Å². The van der Waals surface area contributed by atoms with E-state index < -0.39 is 0 Å². The number of aliphatic hydroxyl groups is 1. The summed E-state index contributed by atoms with van der Waals surface area (Å²) in [6.07, 6.45) is 0. The van der Waals surface area contributed by atoms with Gasteiger partial charge in [-0.3, -0.25) is 4.79 Å². The van der Waals surface area contributed by atoms with Crippen LogP contribution < -0.4 is 0 Å². The minimum Gasteiger partial charge on any atom is -0.469 e. The standard InChI is InChI=1S/C3H6O2.CH4O.H2O/c1-3(4)5-2;1-2;/h1-2H3;2H,1H3;1H2. The van der Waals surface area contributed by atoms with Crippen molar-refractivity contribution in [1.29, 1.82) is 0 Å². The first-order chi connectivity index (χ1) is 3.27. The SMILES string of the molecule is CO.COC(C)=O.O. The van der Waals surface area contributed by atoms with Crippen LogP contribution in [-0.4, -0.2) is 30.8 Å². The van der Waals surface area contributed by atoms with E-state index in [0.29, 0.717) is 0 Å². The topological polar surface area (TPSA) is 78.0 Å². The lowest BCUT2D eigenvalue weighted by Gasteiger charge is -1.80. The van der Waals surface area contributed by atoms with Crippen molar-refractivity contribution in [2.24, 2.45) is 0 Å². The van der Waals surface area contributed by atoms with Crippen LogP contribution in [-0.2, 0) is 9.53 Å². The summed E-state index contributed by atoms with van der Waals surface area (Å²) in [6, 6.07) is 0. The second-order valence-corrected chi connectivity index (χ2v) is 0.696. The monoisotopic (exact) mass is 124 g/mol. The van der Waals surface area contributed by atoms with Crippen molar-refractivity contribution in [1.82, 2.24) is 0 Å². The highest BCUT2D eigenvalue weighted by Crippen LogP contribution is 1.60. The van der Waals surface area contributed by atoms with Crippen molar-refractivity contribution in [3.63, 3.8) is 0 Å². The van der Waals surface area contributed by atoms with E-state index in [4.69, 9.17) is 5.11 Å². The third-order valence-electron chi connectivity index (χ3n) is 0.287. The van der Waals surface area contributed by atoms with Gasteiger partial charge in [0.1, 0.15) is 0 Å². The Balaban J connectivity index is -0.0000000750. The summed E-state index contributed by atoms with van der Waals surface area (Å²) in [5.41, 5.74) is 0. The molecule has 0 saturated heterocycles. The molecular weight excluding hydrogens is 112 g/mol. The van der Waals surface area contributed by atoms with Gasteiger partial charge in [0.05, 0.1) is 7.11 Å². The average molecular weight is 124 g/mol. The number of esters is 1. The lowest BCUT2D eigenvalue weighted by atomic mass is 10.8. The van der Waals surface area contributed by atoms with E-state index in [9.17, 15) is 4.79 Å². The van der Waals surface area contributed by atoms with Gasteiger partial charge in [-0.15, -0.1) is 0 Å². The smallest absolute Gasteiger partial charge is 0.302 e. The van der Waals surface area contributed by atoms with Crippen LogP contribution in [0.5, 0.6) is 0 Å². The molecule has 0 bridgehead atoms. The first-order valence-electron chi connectivity index (χ1n) is 1.76. The summed E-state index contributed by atoms with van der Waals surface area (Å²) >= 11 is 0. The number of methoxy groups -OCH3 is 1. The molecule has 0 aromatic rings. The molecule has 0 aliphatic rings. The molecule has 0 aliphatic heterocycles. The molecule has 0 radical (unpaired) electrons. The van der Waals surface area contributed by atoms with Crippen LogP contribution >= 0.6 is 0 Å². The summed E-state index contributed by atoms with van der Waals surface area (Å²) < 4.78 is 4.11. The van der Waals surface area contributed by atoms with Crippen LogP contribution in [0.15, 0.2) is 0 Å². The molecule has 0 spiro atoms. The fraction of sp³-hybridized carbons (Fsp3) is 0.750. The zero-order chi connectivity index (χ0) is 6.28. The summed E-state index contributed by atoms with van der Waals surface area (Å²) in [7, 11) is 2.35. The molecule has 4 nitrogen and oxygen atoms in total. The molecule has 0 amide bonds. The van der Waals surface area contributed by atoms with Crippen molar-refractivity contribution < 1.29 is 20.1 Å². The summed E-state index contributed by atoms with van der Waals surface area (Å²) in [6.45, 7) is 1.36. The number of hydrogen-bond acceptors (Lipinski definition) is 3. The predicted molar refractivity (Wildman–Crippen MR) is 29.4 cm³/mol. The van der Waals surface area contributed by atoms with Gasteiger partial charge in [-0.05, 0) is 0 Å². The highest BCUT2D eigenvalue weighted by molar-refractivity contribution is 5.65. The van der Waals surface area contributed by atoms with Crippen LogP contribution in [0.4, 0.5) is 0 Å². The maximum absolute atomic E-state index is 9.59. The Labute approximate surface area is 48.4 Å². The van der Waals surface area contributed by atoms with Crippen molar-refractivity contribution in [3.05, 3.63) is 0 Å². The van der Waals surface area contributed by atoms with E-state index in [2.05, 4.69) is 4.74 Å². The average Bonchev–Trinajstić information content (AvgIpc) is 1.73. The predicted octanol–water partition coefficient (Wildman–Crippen LogP) is -1.04. The van der Waals surface area contributed by atoms with Gasteiger partial charge in [0.25, 0.3) is 0 Å². The van der Waals surface area contributed by atoms with Gasteiger partial charge in [-0.2, -0.15) is 0 Å². The summed E-state index contributed by atoms with van der Waals surface area (Å²) in [5, 5.41) is 7.00. The van der Waals surface area contributed by atoms with Gasteiger partial charge < -0.3 is 15.3 Å². The van der Waals surface area contributed by atoms with Crippen molar-refractivity contribution in [2.75, 3.05) is 14.2 Å². The molecule has 0 rings (SSSR count). The third kappa shape index (κ3) is 53.8. The first-order valence-corrected chi connectivity index (χ1v) is 1.76. The molecule has 4 heteroatoms. The fourth-order valence-electron chi connectivity index (χ4n) is 0. The molecule has 8 heavy (non-hydrogen) atoms. The molecule has 3 N–H and O–H groups in total. The summed E-state index contributed by atoms with van der Waals surface area (Å²) in [5.74, 6) is -0.245. The minimum atomic E-state index is -0.245. The van der Waals surface area contributed by atoms with Gasteiger partial charge in [0.2, 0.25) is 0 Å². The van der Waals surface area contributed by atoms with E-state index in [0.717, 1.165) is 7.11 Å². The van der Waals surface area contributed by atoms with Gasteiger partial charge >= 0.3 is 5.97 Å². The van der Waals surface area contributed by atoms with E-state index in [-0.39, 0.29) is 11.4 Å². The Morgan fingerprint density at radius 2 is 1.62 bits per heavy atom. The molecule has 52 valence electrons. The number of rotatable bonds is 0. The highest BCUT2D eigenvalue weighted by Gasteiger charge is 1.75. The second-order valence-electron chi connectivity index (χ2n) is 0.696. The first kappa shape index (κ1) is 15.7. The molecule has 0 aromatic heterocycles. The molecule has 0 fully saturated rings. The van der Waals surface area contributed by atoms with E-state index in [1.54, 1.807) is 0 Å². The highest BCUT2D eigenvalue weighted by atomic mass is 16.5. The van der Waals surface area contributed by atoms with Gasteiger partial charge in [0.15, 0.2) is 0 Å². The van der Waals surface area contributed by atoms with Gasteiger partial charge in [-0.1, -0.05) is 0 Å². The summed E-state index contributed by atoms with van der Waals surface area (Å²) in [4.78, 5) is 9.59. The van der Waals surface area contributed by atoms with Crippen LogP contribution in [0.1, 0.15) is 6.92 Å². The van der Waals surface area contributed by atoms with E-state index in [1.807, 2.05) is 0 Å². The Bertz CT molecular complexity index is 43.3. The third-order valence-corrected chi connectivity index (χ3v) is 0.287. The number of hydrogen-bond donors (Lipinski definition) is 1. The number of carbonyl (C=O) groups excluding carboxylic acids is 1. The van der Waals surface area contributed by atoms with E-state index >= 15 is 0 Å². The maximum atomic E-state index is 9.59. The molecule has 0 saturated carbocycles. The Morgan fingerprint density at radius 1 is 1.50 bits per heavy atom. The maximum Gasteiger partial charge on any atom is 0.302 e. The fourth-order valence-corrected chi connectivity index (χ4v) is 0. The number of aliphatic hydroxyl groups excluding tert-OH is 1. The Morgan fingerprint density at radius 3 is 1.62 bits per heavy atom. The van der Waals surface area contributed by atoms with Crippen LogP contribution in [0.2, 0.25) is 0 Å². The van der Waals surface area contributed by atoms with Crippen LogP contribution in [0, 0.1) is 0 Å². The van der Waals surface area contributed by atoms with Gasteiger partial charge in [-0.25, -0.2) is 0 Å². The Hall–Kier alpha value is -0.610. The van der Waals surface area contributed by atoms with Crippen molar-refractivity contribution >= 4 is 5.97 Å². The zero-order valence-electron chi connectivity index (χ0n) is 5.26. The molecule has 0 aliphatic carbocycles. The molecular formula is C4H12O4. The molecule has 0 unspecified atom stereocenters. The van der Waals surface area contributed by atoms with Gasteiger partial charge in [0, 0.05) is 14.0 Å². The number of ether oxygens (including phenoxy) is 1. The van der Waals surface area contributed by atoms with Crippen molar-refractivity contribution in [2.45, 2.75) is 6.92 Å². The second kappa shape index (κ2) is 16.2. The molecule has 0 heterocycles. The lowest BCUT2D eigenvalue weighted by molar-refractivity contribution is -0.137. The molecule has 0 aromatic carbocycles. The Kier molecular flexibility index (Phi) is 31.6. The zero-order valence-corrected chi connectivity index (χ0v) is 5.26. The van der Waals surface area contributed by atoms with Crippen LogP contribution in [0.3, 0.4) is 0 Å². The molecule has 0 atom stereocenters. The number of carbonyl (C=O) groups is 1. The largest absolute Gasteiger partial charge is 0.469 e. The van der Waals surface area contributed by atoms with Crippen molar-refractivity contribution in [3.8, 4) is 0 Å². The normalized spacial score (nSPS) is 5.00. The lowest BCUT2D eigenvalue weighted by Crippen LogP contribution is -1.88. The quantitative estimate of drug-likeness (QED) is 0.419. The van der Waals surface area contributed by atoms with Crippen LogP contribution in [0.25, 0.3) is 0 Å².